The first kappa shape index (κ1) is 17.0. The van der Waals surface area contributed by atoms with E-state index < -0.39 is 0 Å². The molecule has 0 saturated carbocycles. The molecule has 2 rings (SSSR count). The highest BCUT2D eigenvalue weighted by atomic mass is 16.2. The van der Waals surface area contributed by atoms with Crippen molar-refractivity contribution in [3.8, 4) is 0 Å². The van der Waals surface area contributed by atoms with Gasteiger partial charge in [0.05, 0.1) is 6.20 Å². The number of carbonyl (C=O) groups excluding carboxylic acids is 1. The number of rotatable bonds is 7. The lowest BCUT2D eigenvalue weighted by Gasteiger charge is -2.17. The summed E-state index contributed by atoms with van der Waals surface area (Å²) in [6.45, 7) is 7.73. The van der Waals surface area contributed by atoms with Crippen LogP contribution in [0.2, 0.25) is 0 Å². The second-order valence-corrected chi connectivity index (χ2v) is 5.17. The molecular formula is C16H23N5O2. The molecule has 0 bridgehead atoms. The minimum absolute atomic E-state index is 0.162. The van der Waals surface area contributed by atoms with Crippen molar-refractivity contribution in [2.45, 2.75) is 20.3 Å². The van der Waals surface area contributed by atoms with E-state index in [1.54, 1.807) is 24.4 Å². The van der Waals surface area contributed by atoms with Crippen LogP contribution in [0.4, 0.5) is 10.5 Å². The fraction of sp³-hybridized carbons (Fsp3) is 0.438. The summed E-state index contributed by atoms with van der Waals surface area (Å²) in [5.74, 6) is 0. The van der Waals surface area contributed by atoms with Crippen molar-refractivity contribution >= 4 is 17.4 Å². The number of carbonyl (C=O) groups is 1. The topological polar surface area (TPSA) is 78.7 Å². The molecule has 2 N–H and O–H groups in total. The number of nitrogens with zero attached hydrogens (tertiary/aromatic N) is 3. The zero-order chi connectivity index (χ0) is 16.7. The van der Waals surface area contributed by atoms with E-state index in [1.807, 2.05) is 0 Å². The number of pyridine rings is 1. The molecule has 23 heavy (non-hydrogen) atoms. The van der Waals surface area contributed by atoms with Gasteiger partial charge in [0.15, 0.2) is 0 Å². The molecule has 124 valence electrons. The molecule has 0 atom stereocenters. The number of aromatic nitrogens is 2. The van der Waals surface area contributed by atoms with Gasteiger partial charge >= 0.3 is 6.03 Å². The van der Waals surface area contributed by atoms with Gasteiger partial charge in [-0.25, -0.2) is 9.78 Å². The normalized spacial score (nSPS) is 10.9. The summed E-state index contributed by atoms with van der Waals surface area (Å²) in [5.41, 5.74) is 0.409. The molecule has 0 saturated heterocycles. The molecule has 7 nitrogen and oxygen atoms in total. The van der Waals surface area contributed by atoms with E-state index in [2.05, 4.69) is 34.4 Å². The summed E-state index contributed by atoms with van der Waals surface area (Å²) in [6.07, 6.45) is 3.87. The van der Waals surface area contributed by atoms with Crippen molar-refractivity contribution in [1.29, 1.82) is 0 Å². The minimum Gasteiger partial charge on any atom is -0.338 e. The Morgan fingerprint density at radius 1 is 1.30 bits per heavy atom. The molecule has 2 amide bonds. The van der Waals surface area contributed by atoms with Gasteiger partial charge in [-0.15, -0.1) is 0 Å². The van der Waals surface area contributed by atoms with Gasteiger partial charge in [-0.05, 0) is 38.2 Å². The van der Waals surface area contributed by atoms with Gasteiger partial charge in [-0.1, -0.05) is 19.9 Å². The van der Waals surface area contributed by atoms with Crippen molar-refractivity contribution < 1.29 is 4.79 Å². The average molecular weight is 317 g/mol. The lowest BCUT2D eigenvalue weighted by atomic mass is 10.3. The van der Waals surface area contributed by atoms with Crippen molar-refractivity contribution in [3.05, 3.63) is 40.9 Å². The van der Waals surface area contributed by atoms with Crippen molar-refractivity contribution in [2.75, 3.05) is 31.5 Å². The van der Waals surface area contributed by atoms with Crippen molar-refractivity contribution in [3.63, 3.8) is 0 Å². The lowest BCUT2D eigenvalue weighted by molar-refractivity contribution is 0.250. The molecule has 0 aliphatic rings. The zero-order valence-corrected chi connectivity index (χ0v) is 13.6. The average Bonchev–Trinajstić information content (AvgIpc) is 2.58. The molecule has 0 aliphatic carbocycles. The van der Waals surface area contributed by atoms with Gasteiger partial charge in [0.2, 0.25) is 0 Å². The summed E-state index contributed by atoms with van der Waals surface area (Å²) in [5, 5.41) is 5.32. The highest BCUT2D eigenvalue weighted by molar-refractivity contribution is 5.88. The Hall–Kier alpha value is -2.41. The minimum atomic E-state index is -0.390. The maximum Gasteiger partial charge on any atom is 0.319 e. The molecular weight excluding hydrogens is 294 g/mol. The molecule has 0 fully saturated rings. The first-order valence-corrected chi connectivity index (χ1v) is 7.89. The molecule has 0 unspecified atom stereocenters. The van der Waals surface area contributed by atoms with Crippen LogP contribution >= 0.6 is 0 Å². The van der Waals surface area contributed by atoms with E-state index in [9.17, 15) is 9.59 Å². The third-order valence-electron chi connectivity index (χ3n) is 3.69. The van der Waals surface area contributed by atoms with Gasteiger partial charge < -0.3 is 15.5 Å². The molecule has 0 spiro atoms. The van der Waals surface area contributed by atoms with E-state index in [0.717, 1.165) is 26.1 Å². The van der Waals surface area contributed by atoms with Crippen LogP contribution in [0.25, 0.3) is 5.65 Å². The molecule has 2 aromatic rings. The fourth-order valence-corrected chi connectivity index (χ4v) is 2.32. The largest absolute Gasteiger partial charge is 0.338 e. The number of anilines is 1. The maximum atomic E-state index is 12.2. The molecule has 2 heterocycles. The number of hydrogen-bond acceptors (Lipinski definition) is 4. The van der Waals surface area contributed by atoms with Crippen LogP contribution in [0, 0.1) is 0 Å². The van der Waals surface area contributed by atoms with E-state index in [4.69, 9.17) is 0 Å². The summed E-state index contributed by atoms with van der Waals surface area (Å²) in [6, 6.07) is 4.89. The van der Waals surface area contributed by atoms with E-state index in [-0.39, 0.29) is 17.3 Å². The Bertz CT molecular complexity index is 709. The standard InChI is InChI=1S/C16H23N5O2/c1-3-20(4-2)10-7-9-17-16(23)19-13-12-18-14-8-5-6-11-21(14)15(13)22/h5-6,8,11-12H,3-4,7,9-10H2,1-2H3,(H2,17,19,23). The number of urea groups is 1. The number of hydrogen-bond donors (Lipinski definition) is 2. The van der Waals surface area contributed by atoms with Crippen molar-refractivity contribution in [1.82, 2.24) is 19.6 Å². The van der Waals surface area contributed by atoms with Crippen LogP contribution in [0.5, 0.6) is 0 Å². The highest BCUT2D eigenvalue weighted by Gasteiger charge is 2.08. The second kappa shape index (κ2) is 8.28. The third kappa shape index (κ3) is 4.53. The molecule has 0 aromatic carbocycles. The quantitative estimate of drug-likeness (QED) is 0.760. The Labute approximate surface area is 135 Å². The number of nitrogens with one attached hydrogen (secondary N) is 2. The third-order valence-corrected chi connectivity index (χ3v) is 3.69. The van der Waals surface area contributed by atoms with Gasteiger partial charge in [0.1, 0.15) is 11.3 Å². The van der Waals surface area contributed by atoms with Gasteiger partial charge in [-0.3, -0.25) is 9.20 Å². The van der Waals surface area contributed by atoms with E-state index in [1.165, 1.54) is 10.6 Å². The summed E-state index contributed by atoms with van der Waals surface area (Å²) >= 11 is 0. The fourth-order valence-electron chi connectivity index (χ4n) is 2.32. The highest BCUT2D eigenvalue weighted by Crippen LogP contribution is 2.01. The molecule has 7 heteroatoms. The zero-order valence-electron chi connectivity index (χ0n) is 13.6. The van der Waals surface area contributed by atoms with Gasteiger partial charge in [-0.2, -0.15) is 0 Å². The van der Waals surface area contributed by atoms with Crippen LogP contribution in [-0.4, -0.2) is 46.5 Å². The first-order valence-electron chi connectivity index (χ1n) is 7.89. The van der Waals surface area contributed by atoms with E-state index in [0.29, 0.717) is 12.2 Å². The van der Waals surface area contributed by atoms with Crippen molar-refractivity contribution in [2.24, 2.45) is 0 Å². The number of fused-ring (bicyclic) bond motifs is 1. The first-order chi connectivity index (χ1) is 11.2. The monoisotopic (exact) mass is 317 g/mol. The van der Waals surface area contributed by atoms with Crippen LogP contribution in [0.15, 0.2) is 35.4 Å². The smallest absolute Gasteiger partial charge is 0.319 e. The molecule has 2 aromatic heterocycles. The van der Waals surface area contributed by atoms with Crippen LogP contribution in [-0.2, 0) is 0 Å². The van der Waals surface area contributed by atoms with Crippen LogP contribution < -0.4 is 16.2 Å². The van der Waals surface area contributed by atoms with Gasteiger partial charge in [0.25, 0.3) is 5.56 Å². The Morgan fingerprint density at radius 3 is 2.83 bits per heavy atom. The maximum absolute atomic E-state index is 12.2. The summed E-state index contributed by atoms with van der Waals surface area (Å²) < 4.78 is 1.40. The summed E-state index contributed by atoms with van der Waals surface area (Å²) in [4.78, 5) is 30.5. The SMILES string of the molecule is CCN(CC)CCCNC(=O)Nc1cnc2ccccn2c1=O. The Balaban J connectivity index is 1.88. The Kier molecular flexibility index (Phi) is 6.10. The molecule has 0 aliphatic heterocycles. The lowest BCUT2D eigenvalue weighted by Crippen LogP contribution is -2.34. The molecule has 0 radical (unpaired) electrons. The summed E-state index contributed by atoms with van der Waals surface area (Å²) in [7, 11) is 0. The van der Waals surface area contributed by atoms with E-state index >= 15 is 0 Å². The number of amides is 2. The Morgan fingerprint density at radius 2 is 2.09 bits per heavy atom. The second-order valence-electron chi connectivity index (χ2n) is 5.17. The van der Waals surface area contributed by atoms with Gasteiger partial charge in [0, 0.05) is 12.7 Å². The predicted octanol–water partition coefficient (Wildman–Crippen LogP) is 1.55. The van der Waals surface area contributed by atoms with Crippen LogP contribution in [0.1, 0.15) is 20.3 Å². The van der Waals surface area contributed by atoms with Crippen LogP contribution in [0.3, 0.4) is 0 Å². The predicted molar refractivity (Wildman–Crippen MR) is 90.9 cm³/mol.